The second-order valence-electron chi connectivity index (χ2n) is 6.71. The minimum Gasteiger partial charge on any atom is -0.393 e. The number of pyridine rings is 1. The SMILES string of the molecule is CCCCCc1ccc([C@H]2CCC[C@@H](O)C2)c(=O)n1CCC. The number of hydrogen-bond acceptors (Lipinski definition) is 2. The fourth-order valence-corrected chi connectivity index (χ4v) is 3.63. The van der Waals surface area contributed by atoms with Crippen molar-refractivity contribution in [2.24, 2.45) is 0 Å². The summed E-state index contributed by atoms with van der Waals surface area (Å²) in [7, 11) is 0. The average molecular weight is 305 g/mol. The van der Waals surface area contributed by atoms with Gasteiger partial charge >= 0.3 is 0 Å². The zero-order valence-corrected chi connectivity index (χ0v) is 14.2. The Labute approximate surface area is 134 Å². The molecule has 1 heterocycles. The molecule has 1 saturated carbocycles. The molecule has 2 rings (SSSR count). The van der Waals surface area contributed by atoms with Crippen LogP contribution in [0, 0.1) is 0 Å². The monoisotopic (exact) mass is 305 g/mol. The molecule has 3 heteroatoms. The molecule has 2 atom stereocenters. The Morgan fingerprint density at radius 3 is 2.68 bits per heavy atom. The van der Waals surface area contributed by atoms with Gasteiger partial charge in [0.05, 0.1) is 6.10 Å². The van der Waals surface area contributed by atoms with Crippen LogP contribution < -0.4 is 5.56 Å². The van der Waals surface area contributed by atoms with Crippen molar-refractivity contribution < 1.29 is 5.11 Å². The summed E-state index contributed by atoms with van der Waals surface area (Å²) in [6.45, 7) is 5.14. The van der Waals surface area contributed by atoms with Gasteiger partial charge < -0.3 is 9.67 Å². The van der Waals surface area contributed by atoms with Crippen molar-refractivity contribution >= 4 is 0 Å². The minimum absolute atomic E-state index is 0.190. The van der Waals surface area contributed by atoms with Gasteiger partial charge in [-0.3, -0.25) is 4.79 Å². The largest absolute Gasteiger partial charge is 0.393 e. The Kier molecular flexibility index (Phi) is 6.69. The summed E-state index contributed by atoms with van der Waals surface area (Å²) >= 11 is 0. The van der Waals surface area contributed by atoms with Crippen LogP contribution in [0.1, 0.15) is 82.4 Å². The average Bonchev–Trinajstić information content (AvgIpc) is 2.51. The summed E-state index contributed by atoms with van der Waals surface area (Å²) in [5.74, 6) is 0.240. The Morgan fingerprint density at radius 2 is 2.00 bits per heavy atom. The summed E-state index contributed by atoms with van der Waals surface area (Å²) in [4.78, 5) is 12.9. The number of nitrogens with zero attached hydrogens (tertiary/aromatic N) is 1. The lowest BCUT2D eigenvalue weighted by Gasteiger charge is -2.26. The van der Waals surface area contributed by atoms with Crippen LogP contribution in [-0.4, -0.2) is 15.8 Å². The van der Waals surface area contributed by atoms with Crippen LogP contribution in [0.15, 0.2) is 16.9 Å². The third-order valence-corrected chi connectivity index (χ3v) is 4.86. The van der Waals surface area contributed by atoms with Crippen LogP contribution in [0.25, 0.3) is 0 Å². The van der Waals surface area contributed by atoms with Gasteiger partial charge in [-0.1, -0.05) is 39.2 Å². The molecule has 22 heavy (non-hydrogen) atoms. The first-order chi connectivity index (χ1) is 10.7. The van der Waals surface area contributed by atoms with E-state index in [1.54, 1.807) is 0 Å². The highest BCUT2D eigenvalue weighted by molar-refractivity contribution is 5.21. The van der Waals surface area contributed by atoms with E-state index in [1.165, 1.54) is 18.5 Å². The molecule has 0 aromatic carbocycles. The van der Waals surface area contributed by atoms with Crippen LogP contribution in [0.3, 0.4) is 0 Å². The second kappa shape index (κ2) is 8.52. The molecule has 0 radical (unpaired) electrons. The summed E-state index contributed by atoms with van der Waals surface area (Å²) < 4.78 is 1.99. The highest BCUT2D eigenvalue weighted by atomic mass is 16.3. The quantitative estimate of drug-likeness (QED) is 0.773. The molecule has 1 fully saturated rings. The predicted octanol–water partition coefficient (Wildman–Crippen LogP) is 4.01. The molecule has 0 bridgehead atoms. The Bertz CT molecular complexity index is 521. The highest BCUT2D eigenvalue weighted by Gasteiger charge is 2.24. The highest BCUT2D eigenvalue weighted by Crippen LogP contribution is 2.31. The van der Waals surface area contributed by atoms with Gasteiger partial charge in [0.1, 0.15) is 0 Å². The van der Waals surface area contributed by atoms with Crippen LogP contribution in [0.2, 0.25) is 0 Å². The van der Waals surface area contributed by atoms with E-state index in [0.717, 1.165) is 57.1 Å². The second-order valence-corrected chi connectivity index (χ2v) is 6.71. The first-order valence-electron chi connectivity index (χ1n) is 9.08. The maximum Gasteiger partial charge on any atom is 0.254 e. The van der Waals surface area contributed by atoms with E-state index in [1.807, 2.05) is 10.6 Å². The molecule has 0 unspecified atom stereocenters. The smallest absolute Gasteiger partial charge is 0.254 e. The van der Waals surface area contributed by atoms with Gasteiger partial charge in [-0.05, 0) is 50.5 Å². The van der Waals surface area contributed by atoms with E-state index in [0.29, 0.717) is 0 Å². The van der Waals surface area contributed by atoms with Crippen LogP contribution >= 0.6 is 0 Å². The topological polar surface area (TPSA) is 42.2 Å². The molecular formula is C19H31NO2. The van der Waals surface area contributed by atoms with Gasteiger partial charge in [0.25, 0.3) is 5.56 Å². The Morgan fingerprint density at radius 1 is 1.18 bits per heavy atom. The first-order valence-corrected chi connectivity index (χ1v) is 9.08. The molecule has 0 aliphatic heterocycles. The van der Waals surface area contributed by atoms with Crippen molar-refractivity contribution in [2.45, 2.75) is 90.2 Å². The van der Waals surface area contributed by atoms with E-state index < -0.39 is 0 Å². The van der Waals surface area contributed by atoms with Crippen molar-refractivity contribution in [3.05, 3.63) is 33.7 Å². The van der Waals surface area contributed by atoms with E-state index >= 15 is 0 Å². The van der Waals surface area contributed by atoms with Crippen molar-refractivity contribution in [3.63, 3.8) is 0 Å². The molecule has 1 aliphatic carbocycles. The number of rotatable bonds is 7. The number of aryl methyl sites for hydroxylation is 1. The lowest BCUT2D eigenvalue weighted by atomic mass is 9.83. The van der Waals surface area contributed by atoms with Crippen LogP contribution in [0.4, 0.5) is 0 Å². The normalized spacial score (nSPS) is 22.0. The van der Waals surface area contributed by atoms with Gasteiger partial charge in [0, 0.05) is 17.8 Å². The van der Waals surface area contributed by atoms with Crippen molar-refractivity contribution in [1.82, 2.24) is 4.57 Å². The number of aliphatic hydroxyl groups excluding tert-OH is 1. The van der Waals surface area contributed by atoms with Crippen LogP contribution in [0.5, 0.6) is 0 Å². The van der Waals surface area contributed by atoms with Crippen molar-refractivity contribution in [2.75, 3.05) is 0 Å². The summed E-state index contributed by atoms with van der Waals surface area (Å²) in [6, 6.07) is 4.20. The standard InChI is InChI=1S/C19H31NO2/c1-3-5-6-9-16-11-12-18(19(22)20(16)13-4-2)15-8-7-10-17(21)14-15/h11-12,15,17,21H,3-10,13-14H2,1-2H3/t15-,17+/m0/s1. The van der Waals surface area contributed by atoms with Gasteiger partial charge in [0.15, 0.2) is 0 Å². The predicted molar refractivity (Wildman–Crippen MR) is 91.4 cm³/mol. The maximum absolute atomic E-state index is 12.9. The molecule has 0 amide bonds. The van der Waals surface area contributed by atoms with Gasteiger partial charge in [0.2, 0.25) is 0 Å². The van der Waals surface area contributed by atoms with E-state index in [2.05, 4.69) is 19.9 Å². The molecule has 0 spiro atoms. The Hall–Kier alpha value is -1.09. The fourth-order valence-electron chi connectivity index (χ4n) is 3.63. The Balaban J connectivity index is 2.25. The summed E-state index contributed by atoms with van der Waals surface area (Å²) in [5.41, 5.74) is 2.29. The molecular weight excluding hydrogens is 274 g/mol. The lowest BCUT2D eigenvalue weighted by molar-refractivity contribution is 0.119. The van der Waals surface area contributed by atoms with Gasteiger partial charge in [-0.25, -0.2) is 0 Å². The molecule has 1 aliphatic rings. The first kappa shape index (κ1) is 17.3. The number of aromatic nitrogens is 1. The molecule has 1 N–H and O–H groups in total. The number of unbranched alkanes of at least 4 members (excludes halogenated alkanes) is 2. The zero-order valence-electron chi connectivity index (χ0n) is 14.2. The number of aliphatic hydroxyl groups is 1. The number of hydrogen-bond donors (Lipinski definition) is 1. The van der Waals surface area contributed by atoms with Crippen molar-refractivity contribution in [3.8, 4) is 0 Å². The molecule has 1 aromatic heterocycles. The minimum atomic E-state index is -0.234. The zero-order chi connectivity index (χ0) is 15.9. The maximum atomic E-state index is 12.9. The van der Waals surface area contributed by atoms with Gasteiger partial charge in [-0.2, -0.15) is 0 Å². The molecule has 0 saturated heterocycles. The van der Waals surface area contributed by atoms with E-state index in [-0.39, 0.29) is 17.6 Å². The summed E-state index contributed by atoms with van der Waals surface area (Å²) in [6.07, 6.45) is 9.01. The van der Waals surface area contributed by atoms with E-state index in [9.17, 15) is 9.90 Å². The van der Waals surface area contributed by atoms with Crippen LogP contribution in [-0.2, 0) is 13.0 Å². The third-order valence-electron chi connectivity index (χ3n) is 4.86. The fraction of sp³-hybridized carbons (Fsp3) is 0.737. The third kappa shape index (κ3) is 4.22. The molecule has 124 valence electrons. The summed E-state index contributed by atoms with van der Waals surface area (Å²) in [5, 5.41) is 9.89. The lowest BCUT2D eigenvalue weighted by Crippen LogP contribution is -2.30. The van der Waals surface area contributed by atoms with Crippen molar-refractivity contribution in [1.29, 1.82) is 0 Å². The molecule has 3 nitrogen and oxygen atoms in total. The molecule has 1 aromatic rings. The van der Waals surface area contributed by atoms with Gasteiger partial charge in [-0.15, -0.1) is 0 Å². The van der Waals surface area contributed by atoms with E-state index in [4.69, 9.17) is 0 Å².